The highest BCUT2D eigenvalue weighted by Crippen LogP contribution is 2.24. The number of furan rings is 1. The van der Waals surface area contributed by atoms with Crippen LogP contribution in [-0.2, 0) is 6.54 Å². The molecule has 5 nitrogen and oxygen atoms in total. The molecule has 128 valence electrons. The SMILES string of the molecule is O=C(NCc1cccc(F)c1)NCC(c1ccco1)N1CCCC1. The van der Waals surface area contributed by atoms with Gasteiger partial charge in [0.1, 0.15) is 11.6 Å². The lowest BCUT2D eigenvalue weighted by atomic mass is 10.2. The molecule has 0 bridgehead atoms. The lowest BCUT2D eigenvalue weighted by Crippen LogP contribution is -2.41. The quantitative estimate of drug-likeness (QED) is 0.855. The van der Waals surface area contributed by atoms with Gasteiger partial charge in [0.2, 0.25) is 0 Å². The van der Waals surface area contributed by atoms with Crippen LogP contribution in [0.4, 0.5) is 9.18 Å². The minimum absolute atomic E-state index is 0.0439. The first-order chi connectivity index (χ1) is 11.7. The van der Waals surface area contributed by atoms with Crippen molar-refractivity contribution in [3.8, 4) is 0 Å². The minimum Gasteiger partial charge on any atom is -0.468 e. The van der Waals surface area contributed by atoms with Gasteiger partial charge in [0.15, 0.2) is 0 Å². The van der Waals surface area contributed by atoms with Crippen LogP contribution in [0.3, 0.4) is 0 Å². The molecule has 1 fully saturated rings. The standard InChI is InChI=1S/C18H22FN3O2/c19-15-6-3-5-14(11-15)12-20-18(23)21-13-16(17-7-4-10-24-17)22-8-1-2-9-22/h3-7,10-11,16H,1-2,8-9,12-13H2,(H2,20,21,23). The molecule has 1 aliphatic heterocycles. The van der Waals surface area contributed by atoms with Gasteiger partial charge in [-0.15, -0.1) is 0 Å². The average molecular weight is 331 g/mol. The number of rotatable bonds is 6. The zero-order chi connectivity index (χ0) is 16.8. The summed E-state index contributed by atoms with van der Waals surface area (Å²) < 4.78 is 18.7. The summed E-state index contributed by atoms with van der Waals surface area (Å²) in [5.41, 5.74) is 0.729. The minimum atomic E-state index is -0.304. The van der Waals surface area contributed by atoms with Crippen molar-refractivity contribution in [2.75, 3.05) is 19.6 Å². The Bertz CT molecular complexity index is 654. The second kappa shape index (κ2) is 7.97. The average Bonchev–Trinajstić information content (AvgIpc) is 3.27. The number of nitrogens with zero attached hydrogens (tertiary/aromatic N) is 1. The van der Waals surface area contributed by atoms with Gasteiger partial charge in [0.25, 0.3) is 0 Å². The Hall–Kier alpha value is -2.34. The van der Waals surface area contributed by atoms with E-state index in [1.807, 2.05) is 12.1 Å². The number of hydrogen-bond donors (Lipinski definition) is 2. The molecular weight excluding hydrogens is 309 g/mol. The number of carbonyl (C=O) groups excluding carboxylic acids is 1. The van der Waals surface area contributed by atoms with E-state index in [9.17, 15) is 9.18 Å². The normalized spacial score (nSPS) is 16.0. The van der Waals surface area contributed by atoms with Gasteiger partial charge < -0.3 is 15.1 Å². The summed E-state index contributed by atoms with van der Waals surface area (Å²) >= 11 is 0. The molecule has 1 saturated heterocycles. The maximum atomic E-state index is 13.1. The molecular formula is C18H22FN3O2. The summed E-state index contributed by atoms with van der Waals surface area (Å²) in [5, 5.41) is 5.64. The molecule has 0 radical (unpaired) electrons. The van der Waals surface area contributed by atoms with Gasteiger partial charge in [0, 0.05) is 13.1 Å². The lowest BCUT2D eigenvalue weighted by Gasteiger charge is -2.26. The number of nitrogens with one attached hydrogen (secondary N) is 2. The van der Waals surface area contributed by atoms with Gasteiger partial charge in [-0.05, 0) is 55.8 Å². The van der Waals surface area contributed by atoms with Gasteiger partial charge in [-0.3, -0.25) is 4.90 Å². The highest BCUT2D eigenvalue weighted by Gasteiger charge is 2.25. The van der Waals surface area contributed by atoms with E-state index >= 15 is 0 Å². The van der Waals surface area contributed by atoms with Crippen molar-refractivity contribution in [3.05, 3.63) is 59.8 Å². The smallest absolute Gasteiger partial charge is 0.315 e. The first-order valence-corrected chi connectivity index (χ1v) is 8.26. The van der Waals surface area contributed by atoms with E-state index in [4.69, 9.17) is 4.42 Å². The Kier molecular flexibility index (Phi) is 5.48. The predicted molar refractivity (Wildman–Crippen MR) is 88.9 cm³/mol. The van der Waals surface area contributed by atoms with Crippen LogP contribution < -0.4 is 10.6 Å². The van der Waals surface area contributed by atoms with E-state index in [1.54, 1.807) is 18.4 Å². The van der Waals surface area contributed by atoms with Crippen LogP contribution in [0.25, 0.3) is 0 Å². The molecule has 0 saturated carbocycles. The van der Waals surface area contributed by atoms with E-state index in [0.717, 1.165) is 24.4 Å². The predicted octanol–water partition coefficient (Wildman–Crippen LogP) is 3.06. The van der Waals surface area contributed by atoms with Crippen LogP contribution in [0.15, 0.2) is 47.1 Å². The molecule has 2 heterocycles. The molecule has 1 unspecified atom stereocenters. The molecule has 1 aromatic carbocycles. The number of halogens is 1. The third-order valence-corrected chi connectivity index (χ3v) is 4.25. The Morgan fingerprint density at radius 2 is 2.04 bits per heavy atom. The number of urea groups is 1. The van der Waals surface area contributed by atoms with E-state index < -0.39 is 0 Å². The maximum absolute atomic E-state index is 13.1. The first kappa shape index (κ1) is 16.5. The molecule has 0 aliphatic carbocycles. The zero-order valence-corrected chi connectivity index (χ0v) is 13.5. The fourth-order valence-electron chi connectivity index (χ4n) is 3.02. The Morgan fingerprint density at radius 1 is 1.21 bits per heavy atom. The molecule has 3 rings (SSSR count). The zero-order valence-electron chi connectivity index (χ0n) is 13.5. The summed E-state index contributed by atoms with van der Waals surface area (Å²) in [6.07, 6.45) is 3.99. The van der Waals surface area contributed by atoms with Crippen molar-refractivity contribution >= 4 is 6.03 Å². The van der Waals surface area contributed by atoms with Crippen molar-refractivity contribution in [1.82, 2.24) is 15.5 Å². The van der Waals surface area contributed by atoms with Crippen molar-refractivity contribution in [3.63, 3.8) is 0 Å². The summed E-state index contributed by atoms with van der Waals surface area (Å²) in [5.74, 6) is 0.559. The molecule has 6 heteroatoms. The number of hydrogen-bond acceptors (Lipinski definition) is 3. The molecule has 1 atom stereocenters. The van der Waals surface area contributed by atoms with Gasteiger partial charge in [-0.25, -0.2) is 9.18 Å². The number of carbonyl (C=O) groups is 1. The van der Waals surface area contributed by atoms with Gasteiger partial charge in [0.05, 0.1) is 12.3 Å². The lowest BCUT2D eigenvalue weighted by molar-refractivity contribution is 0.203. The largest absolute Gasteiger partial charge is 0.468 e. The first-order valence-electron chi connectivity index (χ1n) is 8.26. The summed E-state index contributed by atoms with van der Waals surface area (Å²) in [6.45, 7) is 2.79. The fraction of sp³-hybridized carbons (Fsp3) is 0.389. The van der Waals surface area contributed by atoms with E-state index in [1.165, 1.54) is 25.0 Å². The molecule has 1 aromatic heterocycles. The van der Waals surface area contributed by atoms with Gasteiger partial charge in [-0.2, -0.15) is 0 Å². The van der Waals surface area contributed by atoms with Crippen molar-refractivity contribution in [1.29, 1.82) is 0 Å². The second-order valence-corrected chi connectivity index (χ2v) is 5.97. The Labute approximate surface area is 140 Å². The van der Waals surface area contributed by atoms with E-state index in [2.05, 4.69) is 15.5 Å². The maximum Gasteiger partial charge on any atom is 0.315 e. The highest BCUT2D eigenvalue weighted by molar-refractivity contribution is 5.73. The third-order valence-electron chi connectivity index (χ3n) is 4.25. The summed E-state index contributed by atoms with van der Waals surface area (Å²) in [6, 6.07) is 9.78. The third kappa shape index (κ3) is 4.35. The number of benzene rings is 1. The number of amides is 2. The van der Waals surface area contributed by atoms with Gasteiger partial charge in [-0.1, -0.05) is 12.1 Å². The van der Waals surface area contributed by atoms with Crippen LogP contribution in [0.1, 0.15) is 30.2 Å². The van der Waals surface area contributed by atoms with E-state index in [0.29, 0.717) is 13.1 Å². The monoisotopic (exact) mass is 331 g/mol. The van der Waals surface area contributed by atoms with E-state index in [-0.39, 0.29) is 17.9 Å². The molecule has 2 amide bonds. The van der Waals surface area contributed by atoms with Crippen LogP contribution in [0, 0.1) is 5.82 Å². The van der Waals surface area contributed by atoms with Crippen molar-refractivity contribution in [2.45, 2.75) is 25.4 Å². The van der Waals surface area contributed by atoms with Crippen LogP contribution >= 0.6 is 0 Å². The van der Waals surface area contributed by atoms with Crippen LogP contribution in [0.5, 0.6) is 0 Å². The summed E-state index contributed by atoms with van der Waals surface area (Å²) in [4.78, 5) is 14.4. The van der Waals surface area contributed by atoms with Crippen LogP contribution in [-0.4, -0.2) is 30.6 Å². The Balaban J connectivity index is 1.51. The van der Waals surface area contributed by atoms with Crippen molar-refractivity contribution < 1.29 is 13.6 Å². The molecule has 2 N–H and O–H groups in total. The second-order valence-electron chi connectivity index (χ2n) is 5.97. The summed E-state index contributed by atoms with van der Waals surface area (Å²) in [7, 11) is 0. The van der Waals surface area contributed by atoms with Crippen molar-refractivity contribution in [2.24, 2.45) is 0 Å². The molecule has 0 spiro atoms. The van der Waals surface area contributed by atoms with Gasteiger partial charge >= 0.3 is 6.03 Å². The Morgan fingerprint density at radius 3 is 2.75 bits per heavy atom. The molecule has 1 aliphatic rings. The van der Waals surface area contributed by atoms with Crippen LogP contribution in [0.2, 0.25) is 0 Å². The fourth-order valence-corrected chi connectivity index (χ4v) is 3.02. The topological polar surface area (TPSA) is 57.5 Å². The number of likely N-dealkylation sites (tertiary alicyclic amines) is 1. The highest BCUT2D eigenvalue weighted by atomic mass is 19.1. The molecule has 24 heavy (non-hydrogen) atoms. The molecule has 2 aromatic rings.